The Hall–Kier alpha value is -1.64. The lowest BCUT2D eigenvalue weighted by Crippen LogP contribution is -2.15. The maximum atomic E-state index is 13.4. The van der Waals surface area contributed by atoms with Gasteiger partial charge >= 0.3 is 0 Å². The second kappa shape index (κ2) is 8.45. The van der Waals surface area contributed by atoms with E-state index in [9.17, 15) is 9.18 Å². The van der Waals surface area contributed by atoms with Crippen LogP contribution in [0.1, 0.15) is 40.5 Å². The Morgan fingerprint density at radius 3 is 2.28 bits per heavy atom. The van der Waals surface area contributed by atoms with Gasteiger partial charge in [-0.3, -0.25) is 4.79 Å². The molecule has 18 heavy (non-hydrogen) atoms. The van der Waals surface area contributed by atoms with Gasteiger partial charge in [0.1, 0.15) is 5.83 Å². The fraction of sp³-hybridized carbons (Fsp3) is 0.400. The van der Waals surface area contributed by atoms with E-state index in [1.54, 1.807) is 19.1 Å². The van der Waals surface area contributed by atoms with Crippen molar-refractivity contribution in [2.45, 2.75) is 40.5 Å². The highest BCUT2D eigenvalue weighted by molar-refractivity contribution is 5.97. The van der Waals surface area contributed by atoms with Crippen LogP contribution in [0.15, 0.2) is 46.9 Å². The second-order valence-corrected chi connectivity index (χ2v) is 4.01. The predicted octanol–water partition coefficient (Wildman–Crippen LogP) is 3.96. The highest BCUT2D eigenvalue weighted by Crippen LogP contribution is 2.18. The Morgan fingerprint density at radius 2 is 1.89 bits per heavy atom. The fourth-order valence-corrected chi connectivity index (χ4v) is 1.36. The zero-order valence-electron chi connectivity index (χ0n) is 11.6. The molecule has 0 aliphatic carbocycles. The van der Waals surface area contributed by atoms with Crippen molar-refractivity contribution in [3.8, 4) is 0 Å². The number of halogens is 1. The molecule has 0 saturated carbocycles. The quantitative estimate of drug-likeness (QED) is 0.563. The zero-order valence-corrected chi connectivity index (χ0v) is 11.6. The van der Waals surface area contributed by atoms with E-state index < -0.39 is 5.91 Å². The van der Waals surface area contributed by atoms with Gasteiger partial charge in [-0.25, -0.2) is 4.39 Å². The predicted molar refractivity (Wildman–Crippen MR) is 74.6 cm³/mol. The summed E-state index contributed by atoms with van der Waals surface area (Å²) in [5.74, 6) is -0.916. The lowest BCUT2D eigenvalue weighted by atomic mass is 10.00. The first-order valence-electron chi connectivity index (χ1n) is 6.17. The number of nitrogens with two attached hydrogens (primary N) is 1. The van der Waals surface area contributed by atoms with Crippen molar-refractivity contribution in [3.63, 3.8) is 0 Å². The first-order chi connectivity index (χ1) is 8.46. The van der Waals surface area contributed by atoms with E-state index in [0.717, 1.165) is 12.0 Å². The van der Waals surface area contributed by atoms with Crippen molar-refractivity contribution in [2.75, 3.05) is 0 Å². The molecule has 0 fully saturated rings. The van der Waals surface area contributed by atoms with E-state index in [4.69, 9.17) is 5.73 Å². The molecule has 100 valence electrons. The molecule has 0 heterocycles. The molecule has 0 aliphatic rings. The number of carbonyl (C=O) groups is 1. The number of allylic oxidation sites excluding steroid dienone is 6. The zero-order chi connectivity index (χ0) is 14.1. The number of hydrogen-bond acceptors (Lipinski definition) is 1. The first kappa shape index (κ1) is 16.4. The number of hydrogen-bond donors (Lipinski definition) is 1. The van der Waals surface area contributed by atoms with Crippen LogP contribution < -0.4 is 5.73 Å². The maximum Gasteiger partial charge on any atom is 0.248 e. The van der Waals surface area contributed by atoms with Crippen molar-refractivity contribution >= 4 is 5.91 Å². The van der Waals surface area contributed by atoms with E-state index in [1.807, 2.05) is 20.8 Å². The Labute approximate surface area is 109 Å². The second-order valence-electron chi connectivity index (χ2n) is 4.01. The van der Waals surface area contributed by atoms with E-state index in [2.05, 4.69) is 0 Å². The van der Waals surface area contributed by atoms with Gasteiger partial charge in [0.05, 0.1) is 0 Å². The van der Waals surface area contributed by atoms with E-state index >= 15 is 0 Å². The summed E-state index contributed by atoms with van der Waals surface area (Å²) in [7, 11) is 0. The summed E-state index contributed by atoms with van der Waals surface area (Å²) in [6.45, 7) is 7.45. The molecule has 2 N–H and O–H groups in total. The van der Waals surface area contributed by atoms with Crippen molar-refractivity contribution < 1.29 is 9.18 Å². The monoisotopic (exact) mass is 251 g/mol. The summed E-state index contributed by atoms with van der Waals surface area (Å²) in [6.07, 6.45) is 7.72. The molecule has 0 aromatic heterocycles. The van der Waals surface area contributed by atoms with Gasteiger partial charge in [-0.15, -0.1) is 0 Å². The topological polar surface area (TPSA) is 43.1 Å². The lowest BCUT2D eigenvalue weighted by molar-refractivity contribution is -0.114. The summed E-state index contributed by atoms with van der Waals surface area (Å²) in [6, 6.07) is 0. The average Bonchev–Trinajstić information content (AvgIpc) is 2.34. The van der Waals surface area contributed by atoms with Gasteiger partial charge < -0.3 is 5.73 Å². The van der Waals surface area contributed by atoms with Crippen LogP contribution in [0.5, 0.6) is 0 Å². The molecule has 0 unspecified atom stereocenters. The van der Waals surface area contributed by atoms with Crippen LogP contribution in [-0.2, 0) is 4.79 Å². The van der Waals surface area contributed by atoms with Gasteiger partial charge in [-0.1, -0.05) is 37.6 Å². The van der Waals surface area contributed by atoms with Gasteiger partial charge in [-0.2, -0.15) is 0 Å². The summed E-state index contributed by atoms with van der Waals surface area (Å²) >= 11 is 0. The highest BCUT2D eigenvalue weighted by atomic mass is 19.1. The molecule has 0 radical (unpaired) electrons. The van der Waals surface area contributed by atoms with Crippen LogP contribution in [-0.4, -0.2) is 5.91 Å². The molecule has 0 aromatic rings. The van der Waals surface area contributed by atoms with Gasteiger partial charge in [0.25, 0.3) is 0 Å². The van der Waals surface area contributed by atoms with Crippen LogP contribution >= 0.6 is 0 Å². The van der Waals surface area contributed by atoms with Gasteiger partial charge in [0, 0.05) is 5.57 Å². The highest BCUT2D eigenvalue weighted by Gasteiger charge is 2.09. The average molecular weight is 251 g/mol. The Kier molecular flexibility index (Phi) is 7.68. The Balaban J connectivity index is 5.67. The summed E-state index contributed by atoms with van der Waals surface area (Å²) in [5, 5.41) is 0. The molecule has 2 nitrogen and oxygen atoms in total. The van der Waals surface area contributed by atoms with E-state index in [1.165, 1.54) is 12.2 Å². The number of carbonyl (C=O) groups excluding carboxylic acids is 1. The normalized spacial score (nSPS) is 14.9. The molecule has 3 heteroatoms. The summed E-state index contributed by atoms with van der Waals surface area (Å²) < 4.78 is 13.4. The van der Waals surface area contributed by atoms with E-state index in [0.29, 0.717) is 17.6 Å². The largest absolute Gasteiger partial charge is 0.366 e. The third kappa shape index (κ3) is 5.62. The smallest absolute Gasteiger partial charge is 0.248 e. The SMILES string of the molecule is C\C=C(F)/C=C(C=C(C)CC)/C(=C\CC)C(N)=O. The number of primary amides is 1. The third-order valence-electron chi connectivity index (χ3n) is 2.51. The number of rotatable bonds is 6. The fourth-order valence-electron chi connectivity index (χ4n) is 1.36. The molecular formula is C15H22FNO. The minimum atomic E-state index is -0.535. The Bertz CT molecular complexity index is 414. The van der Waals surface area contributed by atoms with E-state index in [-0.39, 0.29) is 5.83 Å². The van der Waals surface area contributed by atoms with Crippen molar-refractivity contribution in [1.82, 2.24) is 0 Å². The Morgan fingerprint density at radius 1 is 1.28 bits per heavy atom. The molecule has 0 aliphatic heterocycles. The minimum Gasteiger partial charge on any atom is -0.366 e. The van der Waals surface area contributed by atoms with Crippen LogP contribution in [0.25, 0.3) is 0 Å². The van der Waals surface area contributed by atoms with Crippen molar-refractivity contribution in [3.05, 3.63) is 46.9 Å². The number of amides is 1. The molecule has 0 saturated heterocycles. The first-order valence-corrected chi connectivity index (χ1v) is 6.17. The molecule has 0 bridgehead atoms. The third-order valence-corrected chi connectivity index (χ3v) is 2.51. The van der Waals surface area contributed by atoms with Crippen LogP contribution in [0.3, 0.4) is 0 Å². The maximum absolute atomic E-state index is 13.4. The van der Waals surface area contributed by atoms with Crippen molar-refractivity contribution in [2.24, 2.45) is 5.73 Å². The molecular weight excluding hydrogens is 229 g/mol. The molecule has 0 atom stereocenters. The van der Waals surface area contributed by atoms with Crippen LogP contribution in [0, 0.1) is 0 Å². The molecule has 0 aromatic carbocycles. The summed E-state index contributed by atoms with van der Waals surface area (Å²) in [4.78, 5) is 11.4. The van der Waals surface area contributed by atoms with Gasteiger partial charge in [0.15, 0.2) is 0 Å². The molecule has 0 spiro atoms. The van der Waals surface area contributed by atoms with Gasteiger partial charge in [-0.05, 0) is 38.3 Å². The van der Waals surface area contributed by atoms with Crippen LogP contribution in [0.4, 0.5) is 4.39 Å². The van der Waals surface area contributed by atoms with Crippen LogP contribution in [0.2, 0.25) is 0 Å². The molecule has 1 amide bonds. The lowest BCUT2D eigenvalue weighted by Gasteiger charge is -2.06. The minimum absolute atomic E-state index is 0.363. The van der Waals surface area contributed by atoms with Crippen molar-refractivity contribution in [1.29, 1.82) is 0 Å². The van der Waals surface area contributed by atoms with Gasteiger partial charge in [0.2, 0.25) is 5.91 Å². The molecule has 0 rings (SSSR count). The summed E-state index contributed by atoms with van der Waals surface area (Å²) in [5.41, 5.74) is 7.29. The standard InChI is InChI=1S/C15H22FNO/c1-5-8-14(15(17)18)12(9-11(4)6-2)10-13(16)7-3/h7-10H,5-6H2,1-4H3,(H2,17,18)/b11-9?,12-10+,13-7+,14-8+.